The molecule has 10 heteroatoms. The van der Waals surface area contributed by atoms with Crippen molar-refractivity contribution in [3.8, 4) is 5.75 Å². The number of rotatable bonds is 7. The number of aromatic nitrogens is 4. The summed E-state index contributed by atoms with van der Waals surface area (Å²) in [5, 5.41) is 7.29. The van der Waals surface area contributed by atoms with Gasteiger partial charge in [-0.15, -0.1) is 0 Å². The largest absolute Gasteiger partial charge is 0.494 e. The van der Waals surface area contributed by atoms with Gasteiger partial charge in [-0.1, -0.05) is 6.07 Å². The molecule has 1 saturated heterocycles. The summed E-state index contributed by atoms with van der Waals surface area (Å²) in [5.41, 5.74) is 1.56. The van der Waals surface area contributed by atoms with Gasteiger partial charge in [-0.2, -0.15) is 5.10 Å². The van der Waals surface area contributed by atoms with Gasteiger partial charge >= 0.3 is 0 Å². The number of aryl methyl sites for hydroxylation is 1. The number of hydrogen-bond donors (Lipinski definition) is 1. The second-order valence-corrected chi connectivity index (χ2v) is 8.86. The first-order chi connectivity index (χ1) is 17.4. The van der Waals surface area contributed by atoms with E-state index in [1.54, 1.807) is 36.3 Å². The molecule has 8 nitrogen and oxygen atoms in total. The second-order valence-electron chi connectivity index (χ2n) is 8.86. The third-order valence-electron chi connectivity index (χ3n) is 6.30. The van der Waals surface area contributed by atoms with E-state index in [9.17, 15) is 13.6 Å². The van der Waals surface area contributed by atoms with Gasteiger partial charge in [0.05, 0.1) is 30.3 Å². The summed E-state index contributed by atoms with van der Waals surface area (Å²) < 4.78 is 41.4. The van der Waals surface area contributed by atoms with Crippen molar-refractivity contribution in [1.82, 2.24) is 25.1 Å². The topological polar surface area (TPSA) is 91.2 Å². The summed E-state index contributed by atoms with van der Waals surface area (Å²) in [5.74, 6) is -0.703. The van der Waals surface area contributed by atoms with E-state index in [1.807, 2.05) is 0 Å². The van der Waals surface area contributed by atoms with Gasteiger partial charge in [0, 0.05) is 50.2 Å². The third kappa shape index (κ3) is 4.90. The third-order valence-corrected chi connectivity index (χ3v) is 6.30. The van der Waals surface area contributed by atoms with Crippen LogP contribution in [0.4, 0.5) is 8.78 Å². The van der Waals surface area contributed by atoms with Crippen LogP contribution in [0.5, 0.6) is 5.75 Å². The molecular weight excluding hydrogens is 468 g/mol. The van der Waals surface area contributed by atoms with E-state index >= 15 is 0 Å². The Morgan fingerprint density at radius 1 is 1.22 bits per heavy atom. The van der Waals surface area contributed by atoms with Gasteiger partial charge in [-0.05, 0) is 42.2 Å². The Kier molecular flexibility index (Phi) is 6.60. The Bertz CT molecular complexity index is 1420. The molecule has 0 saturated carbocycles. The number of fused-ring (bicyclic) bond motifs is 1. The molecule has 5 rings (SSSR count). The van der Waals surface area contributed by atoms with Gasteiger partial charge in [0.1, 0.15) is 11.6 Å². The van der Waals surface area contributed by atoms with Crippen molar-refractivity contribution in [3.63, 3.8) is 0 Å². The van der Waals surface area contributed by atoms with Crippen LogP contribution < -0.4 is 10.1 Å². The first-order valence-corrected chi connectivity index (χ1v) is 11.6. The van der Waals surface area contributed by atoms with Gasteiger partial charge < -0.3 is 14.8 Å². The Balaban J connectivity index is 1.46. The maximum atomic E-state index is 14.9. The van der Waals surface area contributed by atoms with Crippen molar-refractivity contribution < 1.29 is 23.0 Å². The molecule has 0 aliphatic carbocycles. The van der Waals surface area contributed by atoms with Crippen LogP contribution in [-0.4, -0.2) is 46.0 Å². The first-order valence-electron chi connectivity index (χ1n) is 11.6. The quantitative estimate of drug-likeness (QED) is 0.422. The van der Waals surface area contributed by atoms with E-state index in [-0.39, 0.29) is 16.7 Å². The molecule has 0 bridgehead atoms. The maximum Gasteiger partial charge on any atom is 0.252 e. The average molecular weight is 494 g/mol. The summed E-state index contributed by atoms with van der Waals surface area (Å²) in [6.07, 6.45) is 6.31. The monoisotopic (exact) mass is 493 g/mol. The lowest BCUT2D eigenvalue weighted by Crippen LogP contribution is -2.29. The molecule has 2 aromatic heterocycles. The summed E-state index contributed by atoms with van der Waals surface area (Å²) in [6.45, 7) is 1.37. The lowest BCUT2D eigenvalue weighted by Gasteiger charge is -2.19. The van der Waals surface area contributed by atoms with Gasteiger partial charge in [-0.3, -0.25) is 9.48 Å². The van der Waals surface area contributed by atoms with E-state index in [0.29, 0.717) is 48.0 Å². The minimum absolute atomic E-state index is 0.0891. The van der Waals surface area contributed by atoms with E-state index in [2.05, 4.69) is 20.4 Å². The van der Waals surface area contributed by atoms with Crippen molar-refractivity contribution in [1.29, 1.82) is 0 Å². The van der Waals surface area contributed by atoms with Crippen LogP contribution in [0.3, 0.4) is 0 Å². The molecular formula is C26H25F2N5O3. The smallest absolute Gasteiger partial charge is 0.252 e. The van der Waals surface area contributed by atoms with Crippen molar-refractivity contribution in [2.75, 3.05) is 20.3 Å². The fourth-order valence-electron chi connectivity index (χ4n) is 4.39. The van der Waals surface area contributed by atoms with Crippen LogP contribution >= 0.6 is 0 Å². The number of benzene rings is 2. The van der Waals surface area contributed by atoms with Crippen LogP contribution in [0.1, 0.15) is 39.8 Å². The normalized spacial score (nSPS) is 16.3. The highest BCUT2D eigenvalue weighted by Crippen LogP contribution is 2.27. The highest BCUT2D eigenvalue weighted by Gasteiger charge is 2.23. The van der Waals surface area contributed by atoms with Gasteiger partial charge in [0.25, 0.3) is 5.91 Å². The molecule has 4 aromatic rings. The number of hydrogen-bond acceptors (Lipinski definition) is 6. The summed E-state index contributed by atoms with van der Waals surface area (Å²) in [4.78, 5) is 22.1. The molecule has 0 unspecified atom stereocenters. The molecule has 3 heterocycles. The molecule has 1 aliphatic rings. The molecule has 0 radical (unpaired) electrons. The Labute approximate surface area is 206 Å². The zero-order valence-corrected chi connectivity index (χ0v) is 19.9. The Hall–Kier alpha value is -3.92. The summed E-state index contributed by atoms with van der Waals surface area (Å²) in [7, 11) is 3.12. The fourth-order valence-corrected chi connectivity index (χ4v) is 4.39. The van der Waals surface area contributed by atoms with E-state index in [1.165, 1.54) is 25.4 Å². The highest BCUT2D eigenvalue weighted by atomic mass is 19.1. The predicted molar refractivity (Wildman–Crippen MR) is 128 cm³/mol. The van der Waals surface area contributed by atoms with Crippen molar-refractivity contribution in [2.45, 2.75) is 18.9 Å². The van der Waals surface area contributed by atoms with Gasteiger partial charge in [0.2, 0.25) is 0 Å². The van der Waals surface area contributed by atoms with Crippen molar-refractivity contribution in [3.05, 3.63) is 83.1 Å². The zero-order chi connectivity index (χ0) is 25.2. The van der Waals surface area contributed by atoms with Crippen LogP contribution in [-0.2, 0) is 18.2 Å². The van der Waals surface area contributed by atoms with Gasteiger partial charge in [0.15, 0.2) is 11.6 Å². The summed E-state index contributed by atoms with van der Waals surface area (Å²) >= 11 is 0. The van der Waals surface area contributed by atoms with Crippen molar-refractivity contribution >= 4 is 16.8 Å². The molecule has 1 fully saturated rings. The second kappa shape index (κ2) is 9.98. The number of carbonyl (C=O) groups excluding carboxylic acids is 1. The lowest BCUT2D eigenvalue weighted by atomic mass is 10.00. The SMILES string of the molecule is COc1ccc([C@H](NC(=O)c2cc(F)c3cnc(C[C@@H]4CCOC4)nc3c2)c2cnn(C)c2)cc1F. The fraction of sp³-hybridized carbons (Fsp3) is 0.308. The number of amides is 1. The molecule has 2 aromatic carbocycles. The molecule has 36 heavy (non-hydrogen) atoms. The van der Waals surface area contributed by atoms with Crippen LogP contribution in [0.15, 0.2) is 48.9 Å². The molecule has 186 valence electrons. The number of ether oxygens (including phenoxy) is 2. The Morgan fingerprint density at radius 2 is 2.08 bits per heavy atom. The van der Waals surface area contributed by atoms with Gasteiger partial charge in [-0.25, -0.2) is 18.7 Å². The minimum Gasteiger partial charge on any atom is -0.494 e. The molecule has 0 spiro atoms. The molecule has 1 N–H and O–H groups in total. The zero-order valence-electron chi connectivity index (χ0n) is 19.9. The minimum atomic E-state index is -0.728. The predicted octanol–water partition coefficient (Wildman–Crippen LogP) is 3.75. The number of carbonyl (C=O) groups is 1. The standard InChI is InChI=1S/C26H25F2N5O3/c1-33-13-18(11-30-33)25(16-3-4-23(35-2)21(28)8-16)32-26(34)17-9-20(27)19-12-29-24(31-22(19)10-17)7-15-5-6-36-14-15/h3-4,8-13,15,25H,5-7,14H2,1-2H3,(H,32,34)/t15-,25-/m0/s1. The first kappa shape index (κ1) is 23.8. The number of methoxy groups -OCH3 is 1. The highest BCUT2D eigenvalue weighted by molar-refractivity contribution is 5.98. The molecule has 2 atom stereocenters. The Morgan fingerprint density at radius 3 is 2.78 bits per heavy atom. The van der Waals surface area contributed by atoms with Crippen molar-refractivity contribution in [2.24, 2.45) is 13.0 Å². The number of halogens is 2. The number of nitrogens with one attached hydrogen (secondary N) is 1. The number of nitrogens with zero attached hydrogens (tertiary/aromatic N) is 4. The van der Waals surface area contributed by atoms with Crippen LogP contribution in [0.2, 0.25) is 0 Å². The lowest BCUT2D eigenvalue weighted by molar-refractivity contribution is 0.0942. The van der Waals surface area contributed by atoms with Crippen LogP contribution in [0, 0.1) is 17.6 Å². The maximum absolute atomic E-state index is 14.9. The van der Waals surface area contributed by atoms with Crippen LogP contribution in [0.25, 0.3) is 10.9 Å². The van der Waals surface area contributed by atoms with E-state index in [4.69, 9.17) is 9.47 Å². The molecule has 1 aliphatic heterocycles. The molecule has 1 amide bonds. The van der Waals surface area contributed by atoms with E-state index < -0.39 is 23.6 Å². The summed E-state index contributed by atoms with van der Waals surface area (Å²) in [6, 6.07) is 6.41. The van der Waals surface area contributed by atoms with E-state index in [0.717, 1.165) is 12.5 Å². The average Bonchev–Trinajstić information content (AvgIpc) is 3.53.